The van der Waals surface area contributed by atoms with Gasteiger partial charge < -0.3 is 20.6 Å². The summed E-state index contributed by atoms with van der Waals surface area (Å²) in [5.41, 5.74) is 20.1. The number of hydrogen-bond donors (Lipinski definition) is 2. The maximum atomic E-state index is 6.94. The van der Waals surface area contributed by atoms with Crippen LogP contribution in [-0.2, 0) is 0 Å². The van der Waals surface area contributed by atoms with Crippen LogP contribution in [0.2, 0.25) is 0 Å². The van der Waals surface area contributed by atoms with Crippen LogP contribution >= 0.6 is 0 Å². The molecule has 5 nitrogen and oxygen atoms in total. The Morgan fingerprint density at radius 1 is 0.600 bits per heavy atom. The Bertz CT molecular complexity index is 1840. The molecule has 0 fully saturated rings. The lowest BCUT2D eigenvalue weighted by Crippen LogP contribution is -2.19. The molecule has 2 aromatic heterocycles. The van der Waals surface area contributed by atoms with Crippen molar-refractivity contribution in [2.45, 2.75) is 6.17 Å². The van der Waals surface area contributed by atoms with Crippen LogP contribution in [0.25, 0.3) is 45.0 Å². The molecule has 1 atom stereocenters. The van der Waals surface area contributed by atoms with Crippen LogP contribution < -0.4 is 22.0 Å². The molecule has 0 saturated heterocycles. The molecule has 0 spiro atoms. The molecule has 3 heterocycles. The van der Waals surface area contributed by atoms with E-state index in [4.69, 9.17) is 16.5 Å². The molecular formula is C30H23N5. The molecule has 6 aromatic rings. The number of nitrogens with zero attached hydrogens (tertiary/aromatic N) is 3. The van der Waals surface area contributed by atoms with Crippen molar-refractivity contribution in [1.82, 2.24) is 9.13 Å². The zero-order chi connectivity index (χ0) is 23.5. The lowest BCUT2D eigenvalue weighted by atomic mass is 10.1. The van der Waals surface area contributed by atoms with Gasteiger partial charge in [-0.2, -0.15) is 0 Å². The largest absolute Gasteiger partial charge is 0.396 e. The van der Waals surface area contributed by atoms with Gasteiger partial charge in [0.2, 0.25) is 0 Å². The predicted octanol–water partition coefficient (Wildman–Crippen LogP) is 5.03. The van der Waals surface area contributed by atoms with E-state index in [2.05, 4.69) is 63.7 Å². The first-order chi connectivity index (χ1) is 17.2. The lowest BCUT2D eigenvalue weighted by molar-refractivity contribution is 0.690. The van der Waals surface area contributed by atoms with Gasteiger partial charge in [-0.15, -0.1) is 0 Å². The predicted molar refractivity (Wildman–Crippen MR) is 144 cm³/mol. The third kappa shape index (κ3) is 2.78. The molecule has 4 aromatic carbocycles. The van der Waals surface area contributed by atoms with E-state index in [1.165, 1.54) is 0 Å². The topological polar surface area (TPSA) is 74.3 Å². The van der Waals surface area contributed by atoms with E-state index >= 15 is 0 Å². The Kier molecular flexibility index (Phi) is 4.14. The molecule has 0 saturated carbocycles. The second kappa shape index (κ2) is 7.37. The highest BCUT2D eigenvalue weighted by atomic mass is 15.2. The smallest absolute Gasteiger partial charge is 0.146 e. The molecule has 7 rings (SSSR count). The Morgan fingerprint density at radius 2 is 1.20 bits per heavy atom. The van der Waals surface area contributed by atoms with Crippen molar-refractivity contribution in [3.05, 3.63) is 114 Å². The Balaban J connectivity index is 1.63. The zero-order valence-corrected chi connectivity index (χ0v) is 19.0. The summed E-state index contributed by atoms with van der Waals surface area (Å²) in [4.78, 5) is 5.06. The monoisotopic (exact) mass is 453 g/mol. The van der Waals surface area contributed by atoms with Crippen LogP contribution in [0.4, 0.5) is 11.4 Å². The number of benzene rings is 4. The fourth-order valence-corrected chi connectivity index (χ4v) is 5.37. The minimum atomic E-state index is -0.230. The Hall–Kier alpha value is -4.77. The standard InChI is InChI=1S/C30H23N5/c31-27-21-13-5-8-16-24(21)34(20-11-2-1-3-12-20)29(27)30-28(32)22-14-6-9-17-25(22)35(30)26-18-19-10-4-7-15-23(19)33-26/h1-18,26H,31-32H2. The maximum absolute atomic E-state index is 6.94. The van der Waals surface area contributed by atoms with Crippen LogP contribution in [0.15, 0.2) is 108 Å². The van der Waals surface area contributed by atoms with Gasteiger partial charge in [-0.1, -0.05) is 72.8 Å². The number of aromatic nitrogens is 2. The summed E-state index contributed by atoms with van der Waals surface area (Å²) in [6.45, 7) is 0. The fourth-order valence-electron chi connectivity index (χ4n) is 5.37. The molecule has 1 unspecified atom stereocenters. The van der Waals surface area contributed by atoms with Crippen molar-refractivity contribution in [3.8, 4) is 17.1 Å². The van der Waals surface area contributed by atoms with Crippen LogP contribution in [0.1, 0.15) is 6.17 Å². The molecule has 5 heteroatoms. The lowest BCUT2D eigenvalue weighted by Gasteiger charge is -2.18. The Morgan fingerprint density at radius 3 is 1.97 bits per heavy atom. The number of hydrogen-bond acceptors (Lipinski definition) is 3. The van der Waals surface area contributed by atoms with E-state index in [0.29, 0.717) is 11.4 Å². The third-order valence-electron chi connectivity index (χ3n) is 6.90. The molecule has 0 bridgehead atoms. The van der Waals surface area contributed by atoms with Gasteiger partial charge in [0.05, 0.1) is 39.2 Å². The number of nitrogen functional groups attached to an aromatic ring is 2. The summed E-state index contributed by atoms with van der Waals surface area (Å²) < 4.78 is 4.45. The fraction of sp³-hybridized carbons (Fsp3) is 0.0333. The van der Waals surface area contributed by atoms with E-state index in [-0.39, 0.29) is 6.17 Å². The third-order valence-corrected chi connectivity index (χ3v) is 6.90. The summed E-state index contributed by atoms with van der Waals surface area (Å²) in [6, 6.07) is 35.0. The van der Waals surface area contributed by atoms with Gasteiger partial charge in [0.15, 0.2) is 0 Å². The van der Waals surface area contributed by atoms with E-state index in [0.717, 1.165) is 49.5 Å². The van der Waals surface area contributed by atoms with Gasteiger partial charge in [0, 0.05) is 16.5 Å². The van der Waals surface area contributed by atoms with Gasteiger partial charge in [0.1, 0.15) is 6.17 Å². The minimum absolute atomic E-state index is 0.230. The Labute approximate surface area is 201 Å². The van der Waals surface area contributed by atoms with Gasteiger partial charge in [-0.05, 0) is 41.6 Å². The van der Waals surface area contributed by atoms with Crippen LogP contribution in [0.3, 0.4) is 0 Å². The molecule has 0 amide bonds. The van der Waals surface area contributed by atoms with Crippen molar-refractivity contribution < 1.29 is 0 Å². The second-order valence-corrected chi connectivity index (χ2v) is 8.87. The molecular weight excluding hydrogens is 430 g/mol. The highest BCUT2D eigenvalue weighted by molar-refractivity contribution is 6.08. The molecule has 1 aliphatic heterocycles. The highest BCUT2D eigenvalue weighted by Gasteiger charge is 2.28. The zero-order valence-electron chi connectivity index (χ0n) is 19.0. The highest BCUT2D eigenvalue weighted by Crippen LogP contribution is 2.45. The van der Waals surface area contributed by atoms with E-state index in [1.54, 1.807) is 0 Å². The van der Waals surface area contributed by atoms with Crippen molar-refractivity contribution >= 4 is 39.3 Å². The normalized spacial score (nSPS) is 14.7. The summed E-state index contributed by atoms with van der Waals surface area (Å²) in [5.74, 6) is 0. The number of para-hydroxylation sites is 4. The van der Waals surface area contributed by atoms with Crippen LogP contribution in [0.5, 0.6) is 0 Å². The number of nitrogens with two attached hydrogens (primary N) is 2. The molecule has 4 N–H and O–H groups in total. The van der Waals surface area contributed by atoms with Crippen molar-refractivity contribution in [2.75, 3.05) is 11.5 Å². The van der Waals surface area contributed by atoms with E-state index in [9.17, 15) is 0 Å². The summed E-state index contributed by atoms with van der Waals surface area (Å²) >= 11 is 0. The van der Waals surface area contributed by atoms with E-state index in [1.807, 2.05) is 54.6 Å². The number of rotatable bonds is 3. The molecule has 1 aliphatic rings. The number of anilines is 2. The first-order valence-electron chi connectivity index (χ1n) is 11.7. The van der Waals surface area contributed by atoms with Crippen molar-refractivity contribution in [2.24, 2.45) is 4.99 Å². The van der Waals surface area contributed by atoms with Gasteiger partial charge in [-0.25, -0.2) is 0 Å². The maximum Gasteiger partial charge on any atom is 0.146 e. The van der Waals surface area contributed by atoms with Gasteiger partial charge >= 0.3 is 0 Å². The minimum Gasteiger partial charge on any atom is -0.396 e. The SMILES string of the molecule is Nc1c(-c2c(N)c3ccccc3n2C2C=c3ccccc3=N2)n(-c2ccccc2)c2ccccc12. The van der Waals surface area contributed by atoms with Gasteiger partial charge in [-0.3, -0.25) is 4.99 Å². The van der Waals surface area contributed by atoms with Crippen LogP contribution in [-0.4, -0.2) is 9.13 Å². The van der Waals surface area contributed by atoms with Crippen molar-refractivity contribution in [1.29, 1.82) is 0 Å². The second-order valence-electron chi connectivity index (χ2n) is 8.87. The molecule has 0 aliphatic carbocycles. The summed E-state index contributed by atoms with van der Waals surface area (Å²) in [7, 11) is 0. The average Bonchev–Trinajstić information content (AvgIpc) is 3.55. The average molecular weight is 454 g/mol. The number of fused-ring (bicyclic) bond motifs is 3. The van der Waals surface area contributed by atoms with E-state index < -0.39 is 0 Å². The molecule has 168 valence electrons. The quantitative estimate of drug-likeness (QED) is 0.394. The first kappa shape index (κ1) is 19.7. The van der Waals surface area contributed by atoms with Crippen LogP contribution in [0, 0.1) is 0 Å². The van der Waals surface area contributed by atoms with Crippen molar-refractivity contribution in [3.63, 3.8) is 0 Å². The summed E-state index contributed by atoms with van der Waals surface area (Å²) in [6.07, 6.45) is 1.96. The molecule has 35 heavy (non-hydrogen) atoms. The summed E-state index contributed by atoms with van der Waals surface area (Å²) in [5, 5.41) is 4.09. The molecule has 0 radical (unpaired) electrons. The van der Waals surface area contributed by atoms with Gasteiger partial charge in [0.25, 0.3) is 0 Å². The first-order valence-corrected chi connectivity index (χ1v) is 11.7.